The van der Waals surface area contributed by atoms with E-state index in [4.69, 9.17) is 5.11 Å². The van der Waals surface area contributed by atoms with E-state index in [9.17, 15) is 0 Å². The number of hydrogen-bond donors (Lipinski definition) is 1. The molecule has 0 spiro atoms. The summed E-state index contributed by atoms with van der Waals surface area (Å²) in [5.41, 5.74) is 4.96. The molecule has 0 atom stereocenters. The average molecular weight is 296 g/mol. The van der Waals surface area contributed by atoms with Crippen molar-refractivity contribution in [1.29, 1.82) is 0 Å². The summed E-state index contributed by atoms with van der Waals surface area (Å²) in [6.45, 7) is 4.40. The minimum atomic E-state index is 0.118. The topological polar surface area (TPSA) is 20.2 Å². The average Bonchev–Trinajstić information content (AvgIpc) is 2.50. The molecule has 0 saturated carbocycles. The summed E-state index contributed by atoms with van der Waals surface area (Å²) in [5, 5.41) is 8.81. The first-order valence-electron chi connectivity index (χ1n) is 7.08. The monoisotopic (exact) mass is 296 g/mol. The van der Waals surface area contributed by atoms with E-state index in [0.29, 0.717) is 6.42 Å². The summed E-state index contributed by atoms with van der Waals surface area (Å²) in [6.07, 6.45) is 0.526. The third kappa shape index (κ3) is 4.67. The third-order valence-electron chi connectivity index (χ3n) is 3.35. The Morgan fingerprint density at radius 3 is 2.62 bits per heavy atom. The Morgan fingerprint density at radius 2 is 1.86 bits per heavy atom. The molecule has 2 rings (SSSR count). The molecular weight excluding hydrogens is 276 g/mol. The predicted molar refractivity (Wildman–Crippen MR) is 90.5 cm³/mol. The zero-order valence-electron chi connectivity index (χ0n) is 12.5. The Morgan fingerprint density at radius 1 is 1.05 bits per heavy atom. The molecule has 0 unspecified atom stereocenters. The normalized spacial score (nSPS) is 10.0. The zero-order valence-corrected chi connectivity index (χ0v) is 13.3. The Bertz CT molecular complexity index is 665. The predicted octanol–water partition coefficient (Wildman–Crippen LogP) is 4.33. The maximum atomic E-state index is 8.81. The molecule has 0 fully saturated rings. The maximum absolute atomic E-state index is 8.81. The van der Waals surface area contributed by atoms with Crippen molar-refractivity contribution < 1.29 is 5.11 Å². The summed E-state index contributed by atoms with van der Waals surface area (Å²) in [4.78, 5) is 1.29. The van der Waals surface area contributed by atoms with Gasteiger partial charge in [-0.1, -0.05) is 36.1 Å². The molecule has 108 valence electrons. The van der Waals surface area contributed by atoms with Crippen LogP contribution in [0, 0.1) is 25.7 Å². The molecule has 0 bridgehead atoms. The Labute approximate surface area is 131 Å². The van der Waals surface area contributed by atoms with Crippen molar-refractivity contribution in [2.24, 2.45) is 0 Å². The van der Waals surface area contributed by atoms with E-state index in [2.05, 4.69) is 50.0 Å². The van der Waals surface area contributed by atoms with Gasteiger partial charge in [-0.3, -0.25) is 0 Å². The van der Waals surface area contributed by atoms with Gasteiger partial charge >= 0.3 is 0 Å². The van der Waals surface area contributed by atoms with Gasteiger partial charge in [0.05, 0.1) is 6.61 Å². The molecule has 2 heteroatoms. The van der Waals surface area contributed by atoms with E-state index in [0.717, 1.165) is 11.3 Å². The van der Waals surface area contributed by atoms with Crippen LogP contribution in [-0.2, 0) is 5.75 Å². The molecule has 21 heavy (non-hydrogen) atoms. The number of aryl methyl sites for hydroxylation is 2. The fourth-order valence-corrected chi connectivity index (χ4v) is 2.94. The summed E-state index contributed by atoms with van der Waals surface area (Å²) in [5.74, 6) is 7.05. The minimum Gasteiger partial charge on any atom is -0.395 e. The molecule has 0 aliphatic heterocycles. The highest BCUT2D eigenvalue weighted by atomic mass is 32.2. The van der Waals surface area contributed by atoms with Crippen molar-refractivity contribution in [1.82, 2.24) is 0 Å². The van der Waals surface area contributed by atoms with Crippen molar-refractivity contribution >= 4 is 11.8 Å². The molecule has 2 aromatic carbocycles. The molecule has 0 aliphatic carbocycles. The number of hydrogen-bond acceptors (Lipinski definition) is 2. The zero-order chi connectivity index (χ0) is 15.1. The fraction of sp³-hybridized carbons (Fsp3) is 0.263. The van der Waals surface area contributed by atoms with Gasteiger partial charge in [0, 0.05) is 22.6 Å². The van der Waals surface area contributed by atoms with Crippen LogP contribution in [0.1, 0.15) is 28.7 Å². The minimum absolute atomic E-state index is 0.118. The molecule has 0 saturated heterocycles. The lowest BCUT2D eigenvalue weighted by molar-refractivity contribution is 0.305. The molecule has 1 N–H and O–H groups in total. The van der Waals surface area contributed by atoms with Gasteiger partial charge in [0.1, 0.15) is 0 Å². The molecule has 1 nitrogen and oxygen atoms in total. The maximum Gasteiger partial charge on any atom is 0.0540 e. The van der Waals surface area contributed by atoms with Gasteiger partial charge in [0.2, 0.25) is 0 Å². The Hall–Kier alpha value is -1.69. The van der Waals surface area contributed by atoms with Gasteiger partial charge in [-0.2, -0.15) is 0 Å². The largest absolute Gasteiger partial charge is 0.395 e. The van der Waals surface area contributed by atoms with E-state index in [-0.39, 0.29) is 6.61 Å². The highest BCUT2D eigenvalue weighted by molar-refractivity contribution is 7.98. The Kier molecular flexibility index (Phi) is 5.92. The van der Waals surface area contributed by atoms with Crippen molar-refractivity contribution in [3.8, 4) is 11.8 Å². The van der Waals surface area contributed by atoms with Crippen LogP contribution < -0.4 is 0 Å². The number of thioether (sulfide) groups is 1. The second kappa shape index (κ2) is 7.93. The molecule has 0 heterocycles. The number of rotatable bonds is 4. The van der Waals surface area contributed by atoms with E-state index in [1.807, 2.05) is 30.0 Å². The number of aliphatic hydroxyl groups excluding tert-OH is 1. The van der Waals surface area contributed by atoms with E-state index >= 15 is 0 Å². The van der Waals surface area contributed by atoms with E-state index < -0.39 is 0 Å². The van der Waals surface area contributed by atoms with Gasteiger partial charge in [-0.05, 0) is 48.7 Å². The van der Waals surface area contributed by atoms with E-state index in [1.165, 1.54) is 21.6 Å². The SMILES string of the molecule is Cc1ccc(SCc2ccccc2C#CCCO)cc1C. The summed E-state index contributed by atoms with van der Waals surface area (Å²) in [7, 11) is 0. The third-order valence-corrected chi connectivity index (χ3v) is 4.39. The van der Waals surface area contributed by atoms with Gasteiger partial charge in [0.25, 0.3) is 0 Å². The van der Waals surface area contributed by atoms with Crippen molar-refractivity contribution in [2.45, 2.75) is 30.9 Å². The molecule has 2 aromatic rings. The highest BCUT2D eigenvalue weighted by Gasteiger charge is 2.02. The summed E-state index contributed by atoms with van der Waals surface area (Å²) < 4.78 is 0. The molecule has 0 aliphatic rings. The highest BCUT2D eigenvalue weighted by Crippen LogP contribution is 2.26. The fourth-order valence-electron chi connectivity index (χ4n) is 1.95. The second-order valence-corrected chi connectivity index (χ2v) is 6.02. The lowest BCUT2D eigenvalue weighted by Gasteiger charge is -2.07. The van der Waals surface area contributed by atoms with Crippen LogP contribution in [0.5, 0.6) is 0 Å². The van der Waals surface area contributed by atoms with Crippen LogP contribution in [-0.4, -0.2) is 11.7 Å². The first-order valence-corrected chi connectivity index (χ1v) is 8.07. The summed E-state index contributed by atoms with van der Waals surface area (Å²) >= 11 is 1.83. The van der Waals surface area contributed by atoms with Gasteiger partial charge in [-0.15, -0.1) is 11.8 Å². The lowest BCUT2D eigenvalue weighted by Crippen LogP contribution is -1.88. The van der Waals surface area contributed by atoms with Gasteiger partial charge < -0.3 is 5.11 Å². The van der Waals surface area contributed by atoms with Crippen LogP contribution in [0.15, 0.2) is 47.4 Å². The molecule has 0 aromatic heterocycles. The second-order valence-electron chi connectivity index (χ2n) is 4.97. The number of benzene rings is 2. The van der Waals surface area contributed by atoms with Crippen molar-refractivity contribution in [3.63, 3.8) is 0 Å². The van der Waals surface area contributed by atoms with Crippen LogP contribution in [0.3, 0.4) is 0 Å². The smallest absolute Gasteiger partial charge is 0.0540 e. The van der Waals surface area contributed by atoms with Crippen LogP contribution >= 0.6 is 11.8 Å². The quantitative estimate of drug-likeness (QED) is 0.669. The van der Waals surface area contributed by atoms with Crippen molar-refractivity contribution in [2.75, 3.05) is 6.61 Å². The summed E-state index contributed by atoms with van der Waals surface area (Å²) in [6, 6.07) is 14.8. The first-order chi connectivity index (χ1) is 10.2. The van der Waals surface area contributed by atoms with Crippen LogP contribution in [0.2, 0.25) is 0 Å². The molecular formula is C19H20OS. The molecule has 0 amide bonds. The molecule has 0 radical (unpaired) electrons. The van der Waals surface area contributed by atoms with E-state index in [1.54, 1.807) is 0 Å². The number of aliphatic hydroxyl groups is 1. The standard InChI is InChI=1S/C19H20OS/c1-15-10-11-19(13-16(15)2)21-14-18-9-4-3-7-17(18)8-5-6-12-20/h3-4,7,9-11,13,20H,6,12,14H2,1-2H3. The van der Waals surface area contributed by atoms with Crippen LogP contribution in [0.25, 0.3) is 0 Å². The first kappa shape index (κ1) is 15.7. The lowest BCUT2D eigenvalue weighted by atomic mass is 10.1. The Balaban J connectivity index is 2.09. The van der Waals surface area contributed by atoms with Gasteiger partial charge in [0.15, 0.2) is 0 Å². The van der Waals surface area contributed by atoms with Crippen molar-refractivity contribution in [3.05, 3.63) is 64.7 Å². The van der Waals surface area contributed by atoms with Crippen LogP contribution in [0.4, 0.5) is 0 Å². The van der Waals surface area contributed by atoms with Gasteiger partial charge in [-0.25, -0.2) is 0 Å².